The molecule has 3 rings (SSSR count). The van der Waals surface area contributed by atoms with Gasteiger partial charge in [0.05, 0.1) is 0 Å². The number of hydrogen-bond donors (Lipinski definition) is 0. The van der Waals surface area contributed by atoms with Crippen LogP contribution in [0.3, 0.4) is 0 Å². The number of aryl methyl sites for hydroxylation is 1. The van der Waals surface area contributed by atoms with Gasteiger partial charge in [0.1, 0.15) is 12.3 Å². The van der Waals surface area contributed by atoms with Crippen LogP contribution in [0, 0.1) is 6.92 Å². The maximum absolute atomic E-state index is 12.8. The number of anilines is 1. The van der Waals surface area contributed by atoms with Crippen LogP contribution in [0.1, 0.15) is 22.8 Å². The standard InChI is InChI=1S/C20H20F2N2O3/c1-13-4-3-5-16(10-13)24-11-14(2)23(12-18(24)25)19(26)15-6-8-17(9-7-15)27-20(21)22/h3-10,14,20H,11-12H2,1-2H3/t14-/m0/s1. The first kappa shape index (κ1) is 18.8. The van der Waals surface area contributed by atoms with Gasteiger partial charge in [0, 0.05) is 23.8 Å². The molecule has 0 aliphatic carbocycles. The molecule has 0 unspecified atom stereocenters. The summed E-state index contributed by atoms with van der Waals surface area (Å²) >= 11 is 0. The van der Waals surface area contributed by atoms with Crippen molar-refractivity contribution in [3.8, 4) is 5.75 Å². The molecule has 27 heavy (non-hydrogen) atoms. The zero-order valence-corrected chi connectivity index (χ0v) is 15.1. The molecule has 0 radical (unpaired) electrons. The summed E-state index contributed by atoms with van der Waals surface area (Å²) in [6, 6.07) is 12.9. The fourth-order valence-electron chi connectivity index (χ4n) is 3.11. The fourth-order valence-corrected chi connectivity index (χ4v) is 3.11. The SMILES string of the molecule is Cc1cccc(N2C[C@H](C)N(C(=O)c3ccc(OC(F)F)cc3)CC2=O)c1. The Morgan fingerprint density at radius 1 is 1.19 bits per heavy atom. The van der Waals surface area contributed by atoms with E-state index in [4.69, 9.17) is 0 Å². The molecule has 7 heteroatoms. The zero-order valence-electron chi connectivity index (χ0n) is 15.1. The van der Waals surface area contributed by atoms with Gasteiger partial charge in [0.15, 0.2) is 0 Å². The van der Waals surface area contributed by atoms with Crippen molar-refractivity contribution in [2.24, 2.45) is 0 Å². The number of benzene rings is 2. The molecule has 0 spiro atoms. The second-order valence-electron chi connectivity index (χ2n) is 6.53. The van der Waals surface area contributed by atoms with E-state index in [1.54, 1.807) is 4.90 Å². The van der Waals surface area contributed by atoms with Gasteiger partial charge in [0.25, 0.3) is 5.91 Å². The summed E-state index contributed by atoms with van der Waals surface area (Å²) in [7, 11) is 0. The molecule has 0 bridgehead atoms. The molecule has 2 amide bonds. The Balaban J connectivity index is 1.73. The minimum Gasteiger partial charge on any atom is -0.435 e. The summed E-state index contributed by atoms with van der Waals surface area (Å²) in [5.74, 6) is -0.497. The predicted octanol–water partition coefficient (Wildman–Crippen LogP) is 3.47. The van der Waals surface area contributed by atoms with Crippen LogP contribution in [-0.4, -0.2) is 42.5 Å². The van der Waals surface area contributed by atoms with Crippen molar-refractivity contribution >= 4 is 17.5 Å². The van der Waals surface area contributed by atoms with Gasteiger partial charge in [-0.15, -0.1) is 0 Å². The van der Waals surface area contributed by atoms with Gasteiger partial charge in [-0.3, -0.25) is 9.59 Å². The zero-order chi connectivity index (χ0) is 19.6. The first-order valence-corrected chi connectivity index (χ1v) is 8.58. The van der Waals surface area contributed by atoms with Crippen LogP contribution in [-0.2, 0) is 4.79 Å². The maximum atomic E-state index is 12.8. The highest BCUT2D eigenvalue weighted by molar-refractivity contribution is 6.02. The van der Waals surface area contributed by atoms with Gasteiger partial charge in [0.2, 0.25) is 5.91 Å². The molecule has 2 aromatic rings. The average molecular weight is 374 g/mol. The number of carbonyl (C=O) groups excluding carboxylic acids is 2. The summed E-state index contributed by atoms with van der Waals surface area (Å²) in [4.78, 5) is 28.5. The maximum Gasteiger partial charge on any atom is 0.387 e. The molecular formula is C20H20F2N2O3. The number of piperazine rings is 1. The van der Waals surface area contributed by atoms with Crippen LogP contribution >= 0.6 is 0 Å². The fraction of sp³-hybridized carbons (Fsp3) is 0.300. The van der Waals surface area contributed by atoms with Crippen LogP contribution in [0.2, 0.25) is 0 Å². The number of alkyl halides is 2. The second kappa shape index (κ2) is 7.73. The quantitative estimate of drug-likeness (QED) is 0.823. The normalized spacial score (nSPS) is 17.4. The summed E-state index contributed by atoms with van der Waals surface area (Å²) in [5, 5.41) is 0. The van der Waals surface area contributed by atoms with Crippen LogP contribution in [0.25, 0.3) is 0 Å². The van der Waals surface area contributed by atoms with E-state index in [0.717, 1.165) is 11.3 Å². The molecule has 1 fully saturated rings. The molecule has 5 nitrogen and oxygen atoms in total. The molecule has 1 heterocycles. The van der Waals surface area contributed by atoms with E-state index in [9.17, 15) is 18.4 Å². The number of hydrogen-bond acceptors (Lipinski definition) is 3. The smallest absolute Gasteiger partial charge is 0.387 e. The molecule has 142 valence electrons. The molecule has 0 saturated carbocycles. The van der Waals surface area contributed by atoms with Crippen molar-refractivity contribution in [1.29, 1.82) is 0 Å². The lowest BCUT2D eigenvalue weighted by atomic mass is 10.1. The van der Waals surface area contributed by atoms with Gasteiger partial charge >= 0.3 is 6.61 Å². The summed E-state index contributed by atoms with van der Waals surface area (Å²) in [6.45, 7) is 1.27. The molecule has 1 aliphatic heterocycles. The van der Waals surface area contributed by atoms with E-state index in [0.29, 0.717) is 12.1 Å². The Kier molecular flexibility index (Phi) is 5.39. The minimum absolute atomic E-state index is 0.0186. The summed E-state index contributed by atoms with van der Waals surface area (Å²) < 4.78 is 28.7. The molecule has 0 aromatic heterocycles. The third kappa shape index (κ3) is 4.24. The Labute approximate surface area is 156 Å². The number of nitrogens with zero attached hydrogens (tertiary/aromatic N) is 2. The Hall–Kier alpha value is -2.96. The van der Waals surface area contributed by atoms with Crippen LogP contribution < -0.4 is 9.64 Å². The van der Waals surface area contributed by atoms with Crippen LogP contribution in [0.4, 0.5) is 14.5 Å². The third-order valence-corrected chi connectivity index (χ3v) is 4.49. The van der Waals surface area contributed by atoms with Crippen molar-refractivity contribution in [2.75, 3.05) is 18.0 Å². The van der Waals surface area contributed by atoms with E-state index in [1.807, 2.05) is 38.1 Å². The molecule has 1 saturated heterocycles. The first-order valence-electron chi connectivity index (χ1n) is 8.58. The highest BCUT2D eigenvalue weighted by Gasteiger charge is 2.33. The molecule has 2 aromatic carbocycles. The number of amides is 2. The van der Waals surface area contributed by atoms with E-state index >= 15 is 0 Å². The molecule has 1 atom stereocenters. The van der Waals surface area contributed by atoms with Gasteiger partial charge in [-0.1, -0.05) is 12.1 Å². The lowest BCUT2D eigenvalue weighted by Gasteiger charge is -2.39. The van der Waals surface area contributed by atoms with Gasteiger partial charge in [-0.25, -0.2) is 0 Å². The van der Waals surface area contributed by atoms with Crippen molar-refractivity contribution in [3.05, 3.63) is 59.7 Å². The van der Waals surface area contributed by atoms with E-state index in [1.165, 1.54) is 29.2 Å². The average Bonchev–Trinajstić information content (AvgIpc) is 2.63. The number of carbonyl (C=O) groups is 2. The second-order valence-corrected chi connectivity index (χ2v) is 6.53. The Morgan fingerprint density at radius 2 is 1.89 bits per heavy atom. The number of halogens is 2. The number of ether oxygens (including phenoxy) is 1. The van der Waals surface area contributed by atoms with Crippen LogP contribution in [0.5, 0.6) is 5.75 Å². The predicted molar refractivity (Wildman–Crippen MR) is 97.1 cm³/mol. The Morgan fingerprint density at radius 3 is 2.52 bits per heavy atom. The molecule has 0 N–H and O–H groups in total. The van der Waals surface area contributed by atoms with Gasteiger partial charge in [-0.2, -0.15) is 8.78 Å². The highest BCUT2D eigenvalue weighted by atomic mass is 19.3. The summed E-state index contributed by atoms with van der Waals surface area (Å²) in [5.41, 5.74) is 2.19. The van der Waals surface area contributed by atoms with E-state index < -0.39 is 6.61 Å². The lowest BCUT2D eigenvalue weighted by Crippen LogP contribution is -2.57. The first-order chi connectivity index (χ1) is 12.8. The van der Waals surface area contributed by atoms with Gasteiger partial charge in [-0.05, 0) is 55.8 Å². The van der Waals surface area contributed by atoms with Crippen molar-refractivity contribution in [3.63, 3.8) is 0 Å². The largest absolute Gasteiger partial charge is 0.435 e. The van der Waals surface area contributed by atoms with E-state index in [-0.39, 0.29) is 30.2 Å². The van der Waals surface area contributed by atoms with Crippen molar-refractivity contribution in [2.45, 2.75) is 26.5 Å². The monoisotopic (exact) mass is 374 g/mol. The van der Waals surface area contributed by atoms with Crippen molar-refractivity contribution < 1.29 is 23.1 Å². The van der Waals surface area contributed by atoms with E-state index in [2.05, 4.69) is 4.74 Å². The van der Waals surface area contributed by atoms with Crippen LogP contribution in [0.15, 0.2) is 48.5 Å². The Bertz CT molecular complexity index is 839. The topological polar surface area (TPSA) is 49.9 Å². The highest BCUT2D eigenvalue weighted by Crippen LogP contribution is 2.23. The number of rotatable bonds is 4. The molecular weight excluding hydrogens is 354 g/mol. The molecule has 1 aliphatic rings. The summed E-state index contributed by atoms with van der Waals surface area (Å²) in [6.07, 6.45) is 0. The third-order valence-electron chi connectivity index (χ3n) is 4.49. The van der Waals surface area contributed by atoms with Crippen molar-refractivity contribution in [1.82, 2.24) is 4.90 Å². The minimum atomic E-state index is -2.92. The van der Waals surface area contributed by atoms with Gasteiger partial charge < -0.3 is 14.5 Å². The lowest BCUT2D eigenvalue weighted by molar-refractivity contribution is -0.121.